The Kier molecular flexibility index (Phi) is 4.46. The van der Waals surface area contributed by atoms with Gasteiger partial charge in [-0.3, -0.25) is 9.09 Å². The van der Waals surface area contributed by atoms with Crippen LogP contribution in [0.5, 0.6) is 0 Å². The highest BCUT2D eigenvalue weighted by atomic mass is 31.2. The SMILES string of the molecule is Nc1ccnc2c1ncn2[C@@H]1O[C@H](COP(=O)(O)n2ccnc2)[C@@H](O)[C@H]1O. The first-order valence-corrected chi connectivity index (χ1v) is 9.46. The van der Waals surface area contributed by atoms with Gasteiger partial charge in [0.2, 0.25) is 0 Å². The summed E-state index contributed by atoms with van der Waals surface area (Å²) < 4.78 is 25.2. The summed E-state index contributed by atoms with van der Waals surface area (Å²) >= 11 is 0. The fraction of sp³-hybridized carbons (Fsp3) is 0.357. The Labute approximate surface area is 152 Å². The number of nitrogens with two attached hydrogens (primary N) is 1. The van der Waals surface area contributed by atoms with E-state index in [1.54, 1.807) is 6.07 Å². The maximum atomic E-state index is 12.2. The summed E-state index contributed by atoms with van der Waals surface area (Å²) in [6.07, 6.45) is 1.88. The maximum Gasteiger partial charge on any atom is 0.437 e. The lowest BCUT2D eigenvalue weighted by molar-refractivity contribution is -0.0487. The fourth-order valence-electron chi connectivity index (χ4n) is 2.87. The van der Waals surface area contributed by atoms with E-state index in [0.29, 0.717) is 16.9 Å². The molecule has 1 unspecified atom stereocenters. The molecule has 5 N–H and O–H groups in total. The van der Waals surface area contributed by atoms with E-state index in [-0.39, 0.29) is 0 Å². The van der Waals surface area contributed by atoms with Crippen LogP contribution in [0.3, 0.4) is 0 Å². The van der Waals surface area contributed by atoms with Crippen molar-refractivity contribution in [1.29, 1.82) is 0 Å². The number of hydrogen-bond acceptors (Lipinski definition) is 9. The summed E-state index contributed by atoms with van der Waals surface area (Å²) in [7, 11) is -4.19. The van der Waals surface area contributed by atoms with E-state index in [1.807, 2.05) is 0 Å². The number of hydrogen-bond donors (Lipinski definition) is 4. The van der Waals surface area contributed by atoms with Crippen molar-refractivity contribution >= 4 is 24.6 Å². The molecular formula is C14H17N6O6P. The van der Waals surface area contributed by atoms with Gasteiger partial charge in [-0.05, 0) is 6.07 Å². The highest BCUT2D eigenvalue weighted by molar-refractivity contribution is 7.51. The van der Waals surface area contributed by atoms with Crippen LogP contribution in [0, 0.1) is 0 Å². The second-order valence-electron chi connectivity index (χ2n) is 6.00. The van der Waals surface area contributed by atoms with Crippen LogP contribution in [0.4, 0.5) is 5.69 Å². The highest BCUT2D eigenvalue weighted by Gasteiger charge is 2.45. The molecule has 3 aromatic heterocycles. The summed E-state index contributed by atoms with van der Waals surface area (Å²) in [6.45, 7) is -0.428. The number of imidazole rings is 2. The zero-order valence-electron chi connectivity index (χ0n) is 13.8. The molecule has 13 heteroatoms. The number of nitrogen functional groups attached to an aromatic ring is 1. The fourth-order valence-corrected chi connectivity index (χ4v) is 3.77. The van der Waals surface area contributed by atoms with Crippen LogP contribution in [0.25, 0.3) is 11.2 Å². The van der Waals surface area contributed by atoms with Crippen LogP contribution >= 0.6 is 7.75 Å². The molecule has 1 aliphatic heterocycles. The van der Waals surface area contributed by atoms with Crippen LogP contribution in [0.15, 0.2) is 37.3 Å². The number of aromatic nitrogens is 5. The average Bonchev–Trinajstić information content (AvgIpc) is 3.36. The number of anilines is 1. The van der Waals surface area contributed by atoms with Gasteiger partial charge in [0, 0.05) is 18.6 Å². The molecule has 3 aromatic rings. The monoisotopic (exact) mass is 396 g/mol. The van der Waals surface area contributed by atoms with Gasteiger partial charge in [-0.2, -0.15) is 0 Å². The van der Waals surface area contributed by atoms with E-state index in [0.717, 1.165) is 10.7 Å². The standard InChI is InChI=1S/C14H17N6O6P/c15-8-1-2-17-13-10(8)18-7-20(13)14-12(22)11(21)9(26-14)5-25-27(23,24)19-4-3-16-6-19/h1-4,6-7,9,11-12,14,21-22H,5H2,(H2,15,17)(H,23,24)/t9-,11-,12-,14-/m1/s1. The van der Waals surface area contributed by atoms with Crippen molar-refractivity contribution < 1.29 is 28.9 Å². The third kappa shape index (κ3) is 3.12. The first-order valence-electron chi connectivity index (χ1n) is 7.93. The number of aliphatic hydroxyl groups is 2. The van der Waals surface area contributed by atoms with Gasteiger partial charge in [0.25, 0.3) is 0 Å². The minimum atomic E-state index is -4.19. The summed E-state index contributed by atoms with van der Waals surface area (Å²) in [4.78, 5) is 21.9. The largest absolute Gasteiger partial charge is 0.437 e. The predicted octanol–water partition coefficient (Wildman–Crippen LogP) is -0.506. The molecule has 0 amide bonds. The quantitative estimate of drug-likeness (QED) is 0.412. The normalized spacial score (nSPS) is 27.8. The van der Waals surface area contributed by atoms with Crippen molar-refractivity contribution in [1.82, 2.24) is 23.9 Å². The molecule has 0 saturated carbocycles. The van der Waals surface area contributed by atoms with E-state index in [1.165, 1.54) is 29.5 Å². The lowest BCUT2D eigenvalue weighted by atomic mass is 10.1. The number of rotatable bonds is 5. The smallest absolute Gasteiger partial charge is 0.397 e. The van der Waals surface area contributed by atoms with Gasteiger partial charge < -0.3 is 25.6 Å². The first kappa shape index (κ1) is 18.0. The van der Waals surface area contributed by atoms with Crippen molar-refractivity contribution in [2.45, 2.75) is 24.5 Å². The van der Waals surface area contributed by atoms with Crippen molar-refractivity contribution in [2.75, 3.05) is 12.3 Å². The number of pyridine rings is 1. The van der Waals surface area contributed by atoms with Crippen molar-refractivity contribution in [3.05, 3.63) is 37.3 Å². The zero-order valence-corrected chi connectivity index (χ0v) is 14.7. The van der Waals surface area contributed by atoms with Crippen LogP contribution < -0.4 is 5.73 Å². The molecule has 0 radical (unpaired) electrons. The molecule has 144 valence electrons. The molecule has 0 aromatic carbocycles. The van der Waals surface area contributed by atoms with E-state index in [2.05, 4.69) is 15.0 Å². The van der Waals surface area contributed by atoms with Crippen molar-refractivity contribution in [2.24, 2.45) is 0 Å². The summed E-state index contributed by atoms with van der Waals surface area (Å²) in [5, 5.41) is 20.6. The third-order valence-corrected chi connectivity index (χ3v) is 5.60. The maximum absolute atomic E-state index is 12.2. The van der Waals surface area contributed by atoms with Gasteiger partial charge in [0.1, 0.15) is 30.2 Å². The third-order valence-electron chi connectivity index (χ3n) is 4.29. The topological polar surface area (TPSA) is 171 Å². The van der Waals surface area contributed by atoms with Crippen molar-refractivity contribution in [3.63, 3.8) is 0 Å². The molecule has 4 rings (SSSR count). The molecule has 27 heavy (non-hydrogen) atoms. The summed E-state index contributed by atoms with van der Waals surface area (Å²) in [5.41, 5.74) is 7.06. The molecule has 1 aliphatic rings. The summed E-state index contributed by atoms with van der Waals surface area (Å²) in [6, 6.07) is 1.59. The van der Waals surface area contributed by atoms with E-state index >= 15 is 0 Å². The minimum Gasteiger partial charge on any atom is -0.397 e. The molecule has 0 aliphatic carbocycles. The molecule has 0 bridgehead atoms. The lowest BCUT2D eigenvalue weighted by Crippen LogP contribution is -2.33. The Morgan fingerprint density at radius 1 is 1.26 bits per heavy atom. The highest BCUT2D eigenvalue weighted by Crippen LogP contribution is 2.44. The zero-order chi connectivity index (χ0) is 19.2. The number of nitrogens with zero attached hydrogens (tertiary/aromatic N) is 5. The van der Waals surface area contributed by atoms with Gasteiger partial charge in [0.15, 0.2) is 11.9 Å². The Balaban J connectivity index is 1.52. The molecule has 0 spiro atoms. The second kappa shape index (κ2) is 6.68. The van der Waals surface area contributed by atoms with E-state index in [4.69, 9.17) is 15.0 Å². The van der Waals surface area contributed by atoms with Crippen LogP contribution in [0.1, 0.15) is 6.23 Å². The predicted molar refractivity (Wildman–Crippen MR) is 91.3 cm³/mol. The second-order valence-corrected chi connectivity index (χ2v) is 7.70. The Hall–Kier alpha value is -2.34. The van der Waals surface area contributed by atoms with Gasteiger partial charge in [0.05, 0.1) is 18.6 Å². The Morgan fingerprint density at radius 3 is 2.81 bits per heavy atom. The van der Waals surface area contributed by atoms with Gasteiger partial charge >= 0.3 is 7.75 Å². The van der Waals surface area contributed by atoms with E-state index < -0.39 is 38.9 Å². The van der Waals surface area contributed by atoms with E-state index in [9.17, 15) is 19.7 Å². The van der Waals surface area contributed by atoms with Gasteiger partial charge in [-0.25, -0.2) is 23.9 Å². The first-order chi connectivity index (χ1) is 12.9. The summed E-state index contributed by atoms with van der Waals surface area (Å²) in [5.74, 6) is 0. The van der Waals surface area contributed by atoms with Crippen LogP contribution in [0.2, 0.25) is 0 Å². The Bertz CT molecular complexity index is 993. The minimum absolute atomic E-state index is 0.374. The van der Waals surface area contributed by atoms with Gasteiger partial charge in [-0.15, -0.1) is 0 Å². The van der Waals surface area contributed by atoms with Crippen LogP contribution in [-0.4, -0.2) is 63.9 Å². The van der Waals surface area contributed by atoms with Crippen LogP contribution in [-0.2, 0) is 13.8 Å². The molecule has 12 nitrogen and oxygen atoms in total. The number of fused-ring (bicyclic) bond motifs is 1. The molecule has 4 heterocycles. The molecule has 5 atom stereocenters. The average molecular weight is 396 g/mol. The van der Waals surface area contributed by atoms with Crippen molar-refractivity contribution in [3.8, 4) is 0 Å². The molecule has 1 saturated heterocycles. The number of ether oxygens (including phenoxy) is 1. The Morgan fingerprint density at radius 2 is 2.07 bits per heavy atom. The lowest BCUT2D eigenvalue weighted by Gasteiger charge is -2.18. The molecular weight excluding hydrogens is 379 g/mol. The van der Waals surface area contributed by atoms with Gasteiger partial charge in [-0.1, -0.05) is 0 Å². The molecule has 1 fully saturated rings. The number of aliphatic hydroxyl groups excluding tert-OH is 2.